The predicted octanol–water partition coefficient (Wildman–Crippen LogP) is 0.649. The van der Waals surface area contributed by atoms with Gasteiger partial charge in [-0.2, -0.15) is 0 Å². The molecule has 3 N–H and O–H groups in total. The van der Waals surface area contributed by atoms with Crippen molar-refractivity contribution in [3.8, 4) is 0 Å². The fraction of sp³-hybridized carbons (Fsp3) is 0.500. The lowest BCUT2D eigenvalue weighted by molar-refractivity contribution is -0.141. The fourth-order valence-electron chi connectivity index (χ4n) is 1.23. The number of nitrogens with zero attached hydrogens (tertiary/aromatic N) is 2. The number of anilines is 2. The van der Waals surface area contributed by atoms with Gasteiger partial charge in [0.15, 0.2) is 0 Å². The molecule has 0 aliphatic rings. The van der Waals surface area contributed by atoms with Gasteiger partial charge in [0.25, 0.3) is 0 Å². The first-order valence-corrected chi connectivity index (χ1v) is 4.90. The van der Waals surface area contributed by atoms with Gasteiger partial charge in [-0.1, -0.05) is 0 Å². The zero-order valence-electron chi connectivity index (χ0n) is 9.87. The summed E-state index contributed by atoms with van der Waals surface area (Å²) in [5.41, 5.74) is 6.42. The van der Waals surface area contributed by atoms with E-state index in [4.69, 9.17) is 5.73 Å². The van der Waals surface area contributed by atoms with Crippen molar-refractivity contribution < 1.29 is 9.53 Å². The van der Waals surface area contributed by atoms with Crippen molar-refractivity contribution in [2.24, 2.45) is 0 Å². The van der Waals surface area contributed by atoms with Gasteiger partial charge in [0, 0.05) is 5.56 Å². The van der Waals surface area contributed by atoms with E-state index >= 15 is 0 Å². The molecule has 0 aromatic carbocycles. The summed E-state index contributed by atoms with van der Waals surface area (Å²) >= 11 is 0. The highest BCUT2D eigenvalue weighted by Crippen LogP contribution is 2.17. The standard InChI is InChI=1S/C10H16N4O2/c1-5-8(11)13-7(3)14-9(5)12-6(2)10(15)16-4/h6H,1-4H3,(H3,11,12,13,14). The van der Waals surface area contributed by atoms with Gasteiger partial charge in [-0.25, -0.2) is 14.8 Å². The maximum Gasteiger partial charge on any atom is 0.328 e. The molecule has 1 aromatic heterocycles. The molecule has 0 radical (unpaired) electrons. The predicted molar refractivity (Wildman–Crippen MR) is 61.0 cm³/mol. The van der Waals surface area contributed by atoms with Crippen molar-refractivity contribution in [2.75, 3.05) is 18.2 Å². The molecule has 1 rings (SSSR count). The number of rotatable bonds is 3. The fourth-order valence-corrected chi connectivity index (χ4v) is 1.23. The van der Waals surface area contributed by atoms with Crippen molar-refractivity contribution in [2.45, 2.75) is 26.8 Å². The minimum atomic E-state index is -0.475. The van der Waals surface area contributed by atoms with Crippen molar-refractivity contribution >= 4 is 17.6 Å². The number of hydrogen-bond donors (Lipinski definition) is 2. The zero-order chi connectivity index (χ0) is 12.3. The first-order valence-electron chi connectivity index (χ1n) is 4.90. The highest BCUT2D eigenvalue weighted by atomic mass is 16.5. The second-order valence-corrected chi connectivity index (χ2v) is 3.52. The third-order valence-corrected chi connectivity index (χ3v) is 2.20. The smallest absolute Gasteiger partial charge is 0.328 e. The zero-order valence-corrected chi connectivity index (χ0v) is 9.87. The Balaban J connectivity index is 2.93. The molecule has 0 amide bonds. The molecule has 88 valence electrons. The van der Waals surface area contributed by atoms with Crippen LogP contribution in [0, 0.1) is 13.8 Å². The van der Waals surface area contributed by atoms with Crippen LogP contribution in [-0.2, 0) is 9.53 Å². The Morgan fingerprint density at radius 3 is 2.62 bits per heavy atom. The van der Waals surface area contributed by atoms with Crippen LogP contribution in [0.5, 0.6) is 0 Å². The first kappa shape index (κ1) is 12.2. The SMILES string of the molecule is COC(=O)C(C)Nc1nc(C)nc(N)c1C. The molecule has 0 fully saturated rings. The molecule has 0 saturated carbocycles. The van der Waals surface area contributed by atoms with E-state index in [1.165, 1.54) is 7.11 Å². The maximum absolute atomic E-state index is 11.2. The molecule has 0 aliphatic heterocycles. The minimum absolute atomic E-state index is 0.353. The molecule has 16 heavy (non-hydrogen) atoms. The van der Waals surface area contributed by atoms with Gasteiger partial charge in [0.1, 0.15) is 23.5 Å². The van der Waals surface area contributed by atoms with Crippen LogP contribution in [0.3, 0.4) is 0 Å². The summed E-state index contributed by atoms with van der Waals surface area (Å²) in [6.45, 7) is 5.23. The van der Waals surface area contributed by atoms with E-state index in [0.29, 0.717) is 17.5 Å². The summed E-state index contributed by atoms with van der Waals surface area (Å²) in [5, 5.41) is 2.94. The molecular formula is C10H16N4O2. The van der Waals surface area contributed by atoms with Crippen LogP contribution in [-0.4, -0.2) is 29.1 Å². The average Bonchev–Trinajstić information content (AvgIpc) is 2.23. The van der Waals surface area contributed by atoms with Gasteiger partial charge in [-0.3, -0.25) is 0 Å². The molecule has 1 heterocycles. The second-order valence-electron chi connectivity index (χ2n) is 3.52. The quantitative estimate of drug-likeness (QED) is 0.732. The average molecular weight is 224 g/mol. The number of nitrogens with two attached hydrogens (primary N) is 1. The van der Waals surface area contributed by atoms with Gasteiger partial charge in [-0.15, -0.1) is 0 Å². The van der Waals surface area contributed by atoms with Crippen LogP contribution in [0.4, 0.5) is 11.6 Å². The van der Waals surface area contributed by atoms with Crippen molar-refractivity contribution in [3.63, 3.8) is 0 Å². The lowest BCUT2D eigenvalue weighted by atomic mass is 10.2. The van der Waals surface area contributed by atoms with Gasteiger partial charge < -0.3 is 15.8 Å². The van der Waals surface area contributed by atoms with E-state index in [9.17, 15) is 4.79 Å². The Hall–Kier alpha value is -1.85. The van der Waals surface area contributed by atoms with Crippen LogP contribution >= 0.6 is 0 Å². The highest BCUT2D eigenvalue weighted by molar-refractivity contribution is 5.78. The molecule has 0 aliphatic carbocycles. The first-order chi connectivity index (χ1) is 7.45. The molecule has 6 nitrogen and oxygen atoms in total. The minimum Gasteiger partial charge on any atom is -0.467 e. The van der Waals surface area contributed by atoms with Gasteiger partial charge in [0.05, 0.1) is 7.11 Å². The summed E-state index contributed by atoms with van der Waals surface area (Å²) < 4.78 is 4.61. The molecule has 6 heteroatoms. The molecule has 1 aromatic rings. The number of aryl methyl sites for hydroxylation is 1. The highest BCUT2D eigenvalue weighted by Gasteiger charge is 2.15. The molecule has 0 spiro atoms. The monoisotopic (exact) mass is 224 g/mol. The van der Waals surface area contributed by atoms with Crippen molar-refractivity contribution in [1.29, 1.82) is 0 Å². The largest absolute Gasteiger partial charge is 0.467 e. The number of aromatic nitrogens is 2. The summed E-state index contributed by atoms with van der Waals surface area (Å²) in [6.07, 6.45) is 0. The lowest BCUT2D eigenvalue weighted by Crippen LogP contribution is -2.28. The van der Waals surface area contributed by atoms with Crippen LogP contribution in [0.15, 0.2) is 0 Å². The third kappa shape index (κ3) is 2.59. The van der Waals surface area contributed by atoms with Gasteiger partial charge in [0.2, 0.25) is 0 Å². The van der Waals surface area contributed by atoms with E-state index in [1.807, 2.05) is 0 Å². The van der Waals surface area contributed by atoms with Crippen molar-refractivity contribution in [3.05, 3.63) is 11.4 Å². The number of methoxy groups -OCH3 is 1. The topological polar surface area (TPSA) is 90.1 Å². The molecule has 0 saturated heterocycles. The molecule has 1 atom stereocenters. The molecular weight excluding hydrogens is 208 g/mol. The Kier molecular flexibility index (Phi) is 3.65. The Morgan fingerprint density at radius 2 is 2.06 bits per heavy atom. The Morgan fingerprint density at radius 1 is 1.44 bits per heavy atom. The summed E-state index contributed by atoms with van der Waals surface area (Å²) in [4.78, 5) is 19.4. The van der Waals surface area contributed by atoms with E-state index in [1.54, 1.807) is 20.8 Å². The van der Waals surface area contributed by atoms with Gasteiger partial charge in [-0.05, 0) is 20.8 Å². The summed E-state index contributed by atoms with van der Waals surface area (Å²) in [7, 11) is 1.34. The number of nitrogen functional groups attached to an aromatic ring is 1. The van der Waals surface area contributed by atoms with E-state index in [0.717, 1.165) is 5.56 Å². The van der Waals surface area contributed by atoms with Crippen LogP contribution in [0.25, 0.3) is 0 Å². The molecule has 1 unspecified atom stereocenters. The van der Waals surface area contributed by atoms with E-state index in [-0.39, 0.29) is 5.97 Å². The Bertz CT molecular complexity index is 406. The molecule has 0 bridgehead atoms. The number of nitrogens with one attached hydrogen (secondary N) is 1. The number of carbonyl (C=O) groups is 1. The third-order valence-electron chi connectivity index (χ3n) is 2.20. The van der Waals surface area contributed by atoms with E-state index in [2.05, 4.69) is 20.0 Å². The van der Waals surface area contributed by atoms with Gasteiger partial charge >= 0.3 is 5.97 Å². The van der Waals surface area contributed by atoms with Crippen LogP contribution in [0.2, 0.25) is 0 Å². The lowest BCUT2D eigenvalue weighted by Gasteiger charge is -2.15. The Labute approximate surface area is 94.2 Å². The number of ether oxygens (including phenoxy) is 1. The van der Waals surface area contributed by atoms with Crippen molar-refractivity contribution in [1.82, 2.24) is 9.97 Å². The second kappa shape index (κ2) is 4.78. The normalized spacial score (nSPS) is 12.0. The maximum atomic E-state index is 11.2. The van der Waals surface area contributed by atoms with Crippen LogP contribution < -0.4 is 11.1 Å². The number of esters is 1. The summed E-state index contributed by atoms with van der Waals surface area (Å²) in [6, 6.07) is -0.475. The number of carbonyl (C=O) groups excluding carboxylic acids is 1. The van der Waals surface area contributed by atoms with E-state index < -0.39 is 6.04 Å². The number of hydrogen-bond acceptors (Lipinski definition) is 6. The summed E-state index contributed by atoms with van der Waals surface area (Å²) in [5.74, 6) is 1.17. The van der Waals surface area contributed by atoms with Crippen LogP contribution in [0.1, 0.15) is 18.3 Å².